The number of aryl methyl sites for hydroxylation is 1. The van der Waals surface area contributed by atoms with Crippen molar-refractivity contribution in [1.29, 1.82) is 0 Å². The van der Waals surface area contributed by atoms with Crippen molar-refractivity contribution in [2.75, 3.05) is 0 Å². The fourth-order valence-electron chi connectivity index (χ4n) is 2.14. The van der Waals surface area contributed by atoms with Crippen LogP contribution in [-0.2, 0) is 6.42 Å². The highest BCUT2D eigenvalue weighted by atomic mass is 32.1. The number of hydrogen-bond donors (Lipinski definition) is 1. The maximum absolute atomic E-state index is 5.26. The van der Waals surface area contributed by atoms with E-state index in [1.54, 1.807) is 10.9 Å². The van der Waals surface area contributed by atoms with E-state index < -0.39 is 0 Å². The summed E-state index contributed by atoms with van der Waals surface area (Å²) in [6.07, 6.45) is 2.82. The molecule has 0 bridgehead atoms. The summed E-state index contributed by atoms with van der Waals surface area (Å²) in [5, 5.41) is 11.5. The highest BCUT2D eigenvalue weighted by Gasteiger charge is 2.06. The van der Waals surface area contributed by atoms with Crippen LogP contribution in [0.1, 0.15) is 18.1 Å². The van der Waals surface area contributed by atoms with Gasteiger partial charge in [0.1, 0.15) is 0 Å². The van der Waals surface area contributed by atoms with Gasteiger partial charge in [-0.25, -0.2) is 5.10 Å². The van der Waals surface area contributed by atoms with E-state index in [2.05, 4.69) is 34.4 Å². The molecule has 0 spiro atoms. The molecule has 0 fully saturated rings. The van der Waals surface area contributed by atoms with Crippen molar-refractivity contribution < 1.29 is 0 Å². The van der Waals surface area contributed by atoms with Crippen LogP contribution in [0.15, 0.2) is 59.7 Å². The Morgan fingerprint density at radius 2 is 1.86 bits per heavy atom. The largest absolute Gasteiger partial charge is 0.250 e. The van der Waals surface area contributed by atoms with Gasteiger partial charge in [-0.05, 0) is 29.8 Å². The highest BCUT2D eigenvalue weighted by molar-refractivity contribution is 7.71. The standard InChI is InChI=1S/C17H16N4S/c1-2-13-8-10-14(11-9-13)12-18-21-16(19-20-17(21)22)15-6-4-3-5-7-15/h3-12H,2H2,1H3,(H,20,22). The zero-order valence-corrected chi connectivity index (χ0v) is 13.0. The first kappa shape index (κ1) is 14.4. The van der Waals surface area contributed by atoms with Crippen LogP contribution in [0, 0.1) is 4.77 Å². The Hall–Kier alpha value is -2.53. The van der Waals surface area contributed by atoms with Gasteiger partial charge in [-0.1, -0.05) is 61.5 Å². The molecule has 3 aromatic rings. The first-order valence-electron chi connectivity index (χ1n) is 7.14. The van der Waals surface area contributed by atoms with Crippen LogP contribution in [-0.4, -0.2) is 21.1 Å². The molecule has 0 amide bonds. The second-order valence-electron chi connectivity index (χ2n) is 4.87. The molecule has 5 heteroatoms. The lowest BCUT2D eigenvalue weighted by Crippen LogP contribution is -1.95. The number of nitrogens with zero attached hydrogens (tertiary/aromatic N) is 3. The second kappa shape index (κ2) is 6.49. The monoisotopic (exact) mass is 308 g/mol. The summed E-state index contributed by atoms with van der Waals surface area (Å²) in [6, 6.07) is 18.2. The number of hydrogen-bond acceptors (Lipinski definition) is 3. The molecule has 22 heavy (non-hydrogen) atoms. The molecule has 3 rings (SSSR count). The lowest BCUT2D eigenvalue weighted by Gasteiger charge is -2.01. The van der Waals surface area contributed by atoms with E-state index in [0.717, 1.165) is 17.5 Å². The van der Waals surface area contributed by atoms with E-state index in [-0.39, 0.29) is 0 Å². The average Bonchev–Trinajstić information content (AvgIpc) is 2.95. The van der Waals surface area contributed by atoms with Crippen LogP contribution < -0.4 is 0 Å². The Balaban J connectivity index is 1.93. The van der Waals surface area contributed by atoms with Gasteiger partial charge in [0.05, 0.1) is 6.21 Å². The van der Waals surface area contributed by atoms with Crippen molar-refractivity contribution >= 4 is 18.4 Å². The molecule has 0 radical (unpaired) electrons. The van der Waals surface area contributed by atoms with E-state index in [1.165, 1.54) is 5.56 Å². The van der Waals surface area contributed by atoms with Gasteiger partial charge in [0.15, 0.2) is 5.82 Å². The smallest absolute Gasteiger partial charge is 0.216 e. The van der Waals surface area contributed by atoms with Gasteiger partial charge in [0.2, 0.25) is 4.77 Å². The average molecular weight is 308 g/mol. The number of aromatic amines is 1. The maximum Gasteiger partial charge on any atom is 0.216 e. The van der Waals surface area contributed by atoms with Crippen molar-refractivity contribution in [1.82, 2.24) is 14.9 Å². The van der Waals surface area contributed by atoms with E-state index >= 15 is 0 Å². The fraction of sp³-hybridized carbons (Fsp3) is 0.118. The first-order valence-corrected chi connectivity index (χ1v) is 7.55. The molecule has 1 aromatic heterocycles. The number of H-pyrrole nitrogens is 1. The van der Waals surface area contributed by atoms with Gasteiger partial charge in [-0.2, -0.15) is 14.9 Å². The Morgan fingerprint density at radius 1 is 1.14 bits per heavy atom. The highest BCUT2D eigenvalue weighted by Crippen LogP contribution is 2.16. The third-order valence-corrected chi connectivity index (χ3v) is 3.66. The molecule has 0 saturated heterocycles. The van der Waals surface area contributed by atoms with Gasteiger partial charge < -0.3 is 0 Å². The lowest BCUT2D eigenvalue weighted by atomic mass is 10.1. The predicted molar refractivity (Wildman–Crippen MR) is 91.7 cm³/mol. The molecule has 0 saturated carbocycles. The summed E-state index contributed by atoms with van der Waals surface area (Å²) in [5.74, 6) is 0.701. The summed E-state index contributed by atoms with van der Waals surface area (Å²) >= 11 is 5.26. The van der Waals surface area contributed by atoms with Crippen LogP contribution in [0.3, 0.4) is 0 Å². The SMILES string of the molecule is CCc1ccc(C=Nn2c(-c3ccccc3)n[nH]c2=S)cc1. The summed E-state index contributed by atoms with van der Waals surface area (Å²) in [6.45, 7) is 2.14. The molecule has 110 valence electrons. The fourth-order valence-corrected chi connectivity index (χ4v) is 2.32. The minimum Gasteiger partial charge on any atom is -0.250 e. The molecular formula is C17H16N4S. The van der Waals surface area contributed by atoms with Gasteiger partial charge in [0, 0.05) is 5.56 Å². The molecule has 1 heterocycles. The van der Waals surface area contributed by atoms with Crippen molar-refractivity contribution in [2.45, 2.75) is 13.3 Å². The minimum atomic E-state index is 0.472. The normalized spacial score (nSPS) is 11.1. The van der Waals surface area contributed by atoms with Crippen LogP contribution in [0.4, 0.5) is 0 Å². The first-order chi connectivity index (χ1) is 10.8. The molecule has 0 atom stereocenters. The van der Waals surface area contributed by atoms with E-state index in [1.807, 2.05) is 42.5 Å². The summed E-state index contributed by atoms with van der Waals surface area (Å²) < 4.78 is 2.11. The number of benzene rings is 2. The summed E-state index contributed by atoms with van der Waals surface area (Å²) in [4.78, 5) is 0. The Bertz CT molecular complexity index is 829. The Kier molecular flexibility index (Phi) is 4.25. The predicted octanol–water partition coefficient (Wildman–Crippen LogP) is 4.05. The lowest BCUT2D eigenvalue weighted by molar-refractivity contribution is 0.871. The van der Waals surface area contributed by atoms with E-state index in [4.69, 9.17) is 12.2 Å². The minimum absolute atomic E-state index is 0.472. The van der Waals surface area contributed by atoms with E-state index in [9.17, 15) is 0 Å². The maximum atomic E-state index is 5.26. The van der Waals surface area contributed by atoms with Crippen LogP contribution in [0.25, 0.3) is 11.4 Å². The molecule has 0 aliphatic carbocycles. The summed E-state index contributed by atoms with van der Waals surface area (Å²) in [5.41, 5.74) is 3.30. The Labute approximate surface area is 134 Å². The zero-order valence-electron chi connectivity index (χ0n) is 12.2. The molecule has 0 aliphatic heterocycles. The zero-order chi connectivity index (χ0) is 15.4. The van der Waals surface area contributed by atoms with Crippen molar-refractivity contribution in [3.8, 4) is 11.4 Å². The molecular weight excluding hydrogens is 292 g/mol. The Morgan fingerprint density at radius 3 is 2.55 bits per heavy atom. The van der Waals surface area contributed by atoms with Crippen molar-refractivity contribution in [3.63, 3.8) is 0 Å². The summed E-state index contributed by atoms with van der Waals surface area (Å²) in [7, 11) is 0. The number of rotatable bonds is 4. The molecule has 0 unspecified atom stereocenters. The van der Waals surface area contributed by atoms with Gasteiger partial charge in [-0.15, -0.1) is 0 Å². The van der Waals surface area contributed by atoms with Gasteiger partial charge in [0.25, 0.3) is 0 Å². The van der Waals surface area contributed by atoms with Gasteiger partial charge >= 0.3 is 0 Å². The number of nitrogens with one attached hydrogen (secondary N) is 1. The number of aromatic nitrogens is 3. The van der Waals surface area contributed by atoms with Crippen molar-refractivity contribution in [2.24, 2.45) is 5.10 Å². The van der Waals surface area contributed by atoms with Crippen molar-refractivity contribution in [3.05, 3.63) is 70.5 Å². The van der Waals surface area contributed by atoms with E-state index in [0.29, 0.717) is 10.6 Å². The molecule has 4 nitrogen and oxygen atoms in total. The second-order valence-corrected chi connectivity index (χ2v) is 5.26. The van der Waals surface area contributed by atoms with Gasteiger partial charge in [-0.3, -0.25) is 0 Å². The topological polar surface area (TPSA) is 46.0 Å². The third kappa shape index (κ3) is 3.04. The third-order valence-electron chi connectivity index (χ3n) is 3.39. The molecule has 2 aromatic carbocycles. The van der Waals surface area contributed by atoms with Crippen LogP contribution in [0.5, 0.6) is 0 Å². The quantitative estimate of drug-likeness (QED) is 0.584. The molecule has 1 N–H and O–H groups in total. The van der Waals surface area contributed by atoms with Crippen LogP contribution in [0.2, 0.25) is 0 Å². The van der Waals surface area contributed by atoms with Crippen LogP contribution >= 0.6 is 12.2 Å². The molecule has 0 aliphatic rings.